The standard InChI is InChI=1S/C29H26N5O12S3.Cu.5Na.2H2O4S/c1-4-47(39,40)16-6-9-19(25(12-16)49(43,44)45)31-34-28-17-7-11-21(29(38)18(17)8-10-20(28)30-15-27(36)37)32-33-22-13-24(46-3)26(14-23(22)35)48(41,42)5-2;;;;;;;2*1-5(2,3)4/h6-10,12-14,30,35,38H,1-2,4-5,15H2,3H3,(H,36,37)(H,43,44,45);;;;;;;2*(H2,1,2,3,4)/q-3;;5*+1;;/p-4. The number of azo groups is 2. The number of carboxylic acids is 1. The second kappa shape index (κ2) is 31.4. The Morgan fingerprint density at radius 2 is 1.23 bits per heavy atom. The Morgan fingerprint density at radius 1 is 0.723 bits per heavy atom. The van der Waals surface area contributed by atoms with E-state index in [1.165, 1.54) is 25.3 Å². The molecule has 0 atom stereocenters. The van der Waals surface area contributed by atoms with Gasteiger partial charge in [0.1, 0.15) is 37.9 Å². The zero-order valence-corrected chi connectivity index (χ0v) is 49.6. The summed E-state index contributed by atoms with van der Waals surface area (Å²) in [6, 6.07) is 11.1. The van der Waals surface area contributed by atoms with Crippen LogP contribution in [0.2, 0.25) is 0 Å². The molecule has 65 heavy (non-hydrogen) atoms. The van der Waals surface area contributed by atoms with Gasteiger partial charge in [-0.3, -0.25) is 9.11 Å². The van der Waals surface area contributed by atoms with Gasteiger partial charge >= 0.3 is 148 Å². The van der Waals surface area contributed by atoms with E-state index < -0.39 is 102 Å². The first kappa shape index (κ1) is 74.0. The molecule has 0 heterocycles. The quantitative estimate of drug-likeness (QED) is 0.0273. The van der Waals surface area contributed by atoms with Crippen LogP contribution in [0.1, 0.15) is 0 Å². The van der Waals surface area contributed by atoms with Gasteiger partial charge in [0.15, 0.2) is 19.7 Å². The van der Waals surface area contributed by atoms with Crippen molar-refractivity contribution in [3.05, 3.63) is 68.4 Å². The third-order valence-electron chi connectivity index (χ3n) is 6.68. The fourth-order valence-corrected chi connectivity index (χ4v) is 6.70. The van der Waals surface area contributed by atoms with Crippen molar-refractivity contribution in [1.29, 1.82) is 0 Å². The maximum atomic E-state index is 12.3. The average molecular weight is 1100 g/mol. The SMILES string of the molecule is O=S(=O)([O-])O.O=S(=O)([O-])O.[CH2-]CS(=O)(=O)c1ccc(N=Nc2c(NCC(=O)[O-])ccc3c(O)c(N=Nc4cc(OC)c(S(=O)(=O)C[CH2-])cc4O)[c-]cc23)c(S(=O)(=O)[O-])c1.[Cu].[Na+].[Na+].[Na+].[Na+].[Na+]. The number of ether oxygens (including phenoxy) is 1. The first-order valence-electron chi connectivity index (χ1n) is 14.8. The van der Waals surface area contributed by atoms with Gasteiger partial charge in [0, 0.05) is 40.6 Å². The Kier molecular flexibility index (Phi) is 35.8. The number of methoxy groups -OCH3 is 1. The molecule has 0 unspecified atom stereocenters. The molecule has 4 rings (SSSR count). The Balaban J connectivity index is -0.000000677. The van der Waals surface area contributed by atoms with Crippen molar-refractivity contribution in [2.24, 2.45) is 20.5 Å². The minimum absolute atomic E-state index is 0. The number of aliphatic carboxylic acids is 1. The van der Waals surface area contributed by atoms with Crippen molar-refractivity contribution in [1.82, 2.24) is 0 Å². The van der Waals surface area contributed by atoms with Gasteiger partial charge in [0.2, 0.25) is 20.8 Å². The summed E-state index contributed by atoms with van der Waals surface area (Å²) in [7, 11) is -21.8. The summed E-state index contributed by atoms with van der Waals surface area (Å²) < 4.78 is 156. The minimum Gasteiger partial charge on any atom is -0.744 e. The Morgan fingerprint density at radius 3 is 1.69 bits per heavy atom. The maximum absolute atomic E-state index is 12.3. The molecule has 0 aliphatic rings. The van der Waals surface area contributed by atoms with E-state index in [-0.39, 0.29) is 209 Å². The second-order valence-corrected chi connectivity index (χ2v) is 17.8. The first-order valence-corrected chi connectivity index (χ1v) is 22.3. The molecule has 0 saturated heterocycles. The van der Waals surface area contributed by atoms with E-state index in [0.717, 1.165) is 24.3 Å². The van der Waals surface area contributed by atoms with Gasteiger partial charge in [0.05, 0.1) is 40.8 Å². The molecule has 0 aliphatic carbocycles. The van der Waals surface area contributed by atoms with Crippen molar-refractivity contribution in [3.8, 4) is 17.2 Å². The summed E-state index contributed by atoms with van der Waals surface area (Å²) in [6.45, 7) is 5.91. The molecule has 36 heteroatoms. The number of phenolic OH excluding ortho intramolecular Hbond substituents is 2. The molecular weight excluding hydrogens is 1080 g/mol. The average Bonchev–Trinajstić information content (AvgIpc) is 3.11. The van der Waals surface area contributed by atoms with Gasteiger partial charge in [-0.15, -0.1) is 5.11 Å². The third kappa shape index (κ3) is 24.7. The van der Waals surface area contributed by atoms with Crippen LogP contribution in [0, 0.1) is 19.9 Å². The maximum Gasteiger partial charge on any atom is 1.00 e. The van der Waals surface area contributed by atoms with Crippen molar-refractivity contribution < 1.29 is 255 Å². The fraction of sp³-hybridized carbons (Fsp3) is 0.138. The summed E-state index contributed by atoms with van der Waals surface area (Å²) >= 11 is 0. The van der Waals surface area contributed by atoms with Gasteiger partial charge in [-0.25, -0.2) is 42.1 Å². The molecule has 335 valence electrons. The Labute approximate surface area is 494 Å². The van der Waals surface area contributed by atoms with Crippen LogP contribution in [0.4, 0.5) is 28.4 Å². The largest absolute Gasteiger partial charge is 1.00 e. The van der Waals surface area contributed by atoms with Crippen molar-refractivity contribution in [2.75, 3.05) is 30.5 Å². The van der Waals surface area contributed by atoms with E-state index in [1.807, 2.05) is 0 Å². The number of anilines is 1. The predicted molar refractivity (Wildman–Crippen MR) is 195 cm³/mol. The Hall–Kier alpha value is 0.0795. The van der Waals surface area contributed by atoms with Crippen LogP contribution in [0.25, 0.3) is 10.8 Å². The smallest absolute Gasteiger partial charge is 0.744 e. The molecule has 0 aliphatic heterocycles. The molecule has 1 radical (unpaired) electrons. The predicted octanol–water partition coefficient (Wildman–Crippen LogP) is -13.8. The number of fused-ring (bicyclic) bond motifs is 1. The zero-order chi connectivity index (χ0) is 45.3. The number of aromatic hydroxyl groups is 2. The molecule has 5 N–H and O–H groups in total. The van der Waals surface area contributed by atoms with Gasteiger partial charge in [-0.2, -0.15) is 27.5 Å². The molecule has 4 aromatic carbocycles. The number of carbonyl (C=O) groups is 1. The van der Waals surface area contributed by atoms with E-state index in [1.54, 1.807) is 0 Å². The zero-order valence-electron chi connectivity index (χ0n) is 34.6. The van der Waals surface area contributed by atoms with E-state index in [2.05, 4.69) is 45.7 Å². The van der Waals surface area contributed by atoms with Crippen LogP contribution >= 0.6 is 0 Å². The van der Waals surface area contributed by atoms with Crippen LogP contribution in [0.15, 0.2) is 83.7 Å². The van der Waals surface area contributed by atoms with Gasteiger partial charge in [-0.1, -0.05) is 28.3 Å². The molecule has 0 bridgehead atoms. The number of rotatable bonds is 13. The number of carbonyl (C=O) groups excluding carboxylic acids is 1. The number of sulfone groups is 2. The minimum atomic E-state index is -5.28. The molecule has 0 aromatic heterocycles. The van der Waals surface area contributed by atoms with E-state index >= 15 is 0 Å². The van der Waals surface area contributed by atoms with E-state index in [4.69, 9.17) is 39.8 Å². The summed E-state index contributed by atoms with van der Waals surface area (Å²) in [4.78, 5) is 9.31. The fourth-order valence-electron chi connectivity index (χ4n) is 4.22. The number of nitrogens with one attached hydrogen (secondary N) is 1. The van der Waals surface area contributed by atoms with Crippen LogP contribution < -0.4 is 163 Å². The van der Waals surface area contributed by atoms with E-state index in [9.17, 15) is 49.9 Å². The number of nitrogens with zero attached hydrogens (tertiary/aromatic N) is 4. The van der Waals surface area contributed by atoms with Gasteiger partial charge < -0.3 is 57.7 Å². The number of phenols is 2. The van der Waals surface area contributed by atoms with Crippen LogP contribution in [-0.2, 0) is 72.5 Å². The number of hydrogen-bond acceptors (Lipinski definition) is 23. The van der Waals surface area contributed by atoms with Crippen molar-refractivity contribution in [2.45, 2.75) is 14.7 Å². The monoisotopic (exact) mass is 1100 g/mol. The summed E-state index contributed by atoms with van der Waals surface area (Å²) in [5.41, 5.74) is -1.24. The van der Waals surface area contributed by atoms with Crippen LogP contribution in [-0.4, -0.2) is 106 Å². The normalized spacial score (nSPS) is 11.3. The van der Waals surface area contributed by atoms with Crippen molar-refractivity contribution in [3.63, 3.8) is 0 Å². The number of carboxylic acid groups (broad SMARTS) is 1. The van der Waals surface area contributed by atoms with E-state index in [0.29, 0.717) is 6.07 Å². The van der Waals surface area contributed by atoms with Crippen LogP contribution in [0.3, 0.4) is 0 Å². The molecular formula is C29H26CuN5Na5O20S5-2. The first-order chi connectivity index (χ1) is 26.9. The van der Waals surface area contributed by atoms with Crippen LogP contribution in [0.5, 0.6) is 17.2 Å². The molecule has 25 nitrogen and oxygen atoms in total. The second-order valence-electron chi connectivity index (χ2n) is 10.6. The Bertz CT molecular complexity index is 2850. The molecule has 0 fully saturated rings. The van der Waals surface area contributed by atoms with Gasteiger partial charge in [0.25, 0.3) is 0 Å². The summed E-state index contributed by atoms with van der Waals surface area (Å²) in [5, 5.41) is 50.8. The third-order valence-corrected chi connectivity index (χ3v) is 10.6. The topological polar surface area (TPSA) is 432 Å². The molecule has 0 spiro atoms. The number of benzene rings is 4. The summed E-state index contributed by atoms with van der Waals surface area (Å²) in [6.07, 6.45) is 0. The molecule has 0 amide bonds. The molecule has 4 aromatic rings. The molecule has 0 saturated carbocycles. The number of hydrogen-bond donors (Lipinski definition) is 5. The van der Waals surface area contributed by atoms with Crippen molar-refractivity contribution >= 4 is 95.8 Å². The van der Waals surface area contributed by atoms with Gasteiger partial charge in [-0.05, 0) is 24.3 Å². The summed E-state index contributed by atoms with van der Waals surface area (Å²) in [5.74, 6) is -3.92.